The van der Waals surface area contributed by atoms with Crippen molar-refractivity contribution in [3.8, 4) is 11.5 Å². The summed E-state index contributed by atoms with van der Waals surface area (Å²) >= 11 is 0.956. The van der Waals surface area contributed by atoms with E-state index in [-0.39, 0.29) is 27.9 Å². The van der Waals surface area contributed by atoms with Gasteiger partial charge in [0.15, 0.2) is 16.6 Å². The van der Waals surface area contributed by atoms with Crippen LogP contribution in [0, 0.1) is 13.8 Å². The van der Waals surface area contributed by atoms with E-state index in [9.17, 15) is 19.5 Å². The molecule has 0 saturated carbocycles. The molecule has 0 spiro atoms. The number of aromatic nitrogens is 1. The molecule has 0 radical (unpaired) electrons. The third-order valence-electron chi connectivity index (χ3n) is 6.27. The molecule has 40 heavy (non-hydrogen) atoms. The number of anilines is 1. The summed E-state index contributed by atoms with van der Waals surface area (Å²) in [5.74, 6) is -1.64. The number of carbonyl (C=O) groups is 3. The van der Waals surface area contributed by atoms with Crippen molar-refractivity contribution in [2.75, 3.05) is 24.7 Å². The van der Waals surface area contributed by atoms with E-state index >= 15 is 0 Å². The number of Topliss-reactive ketones (excluding diaryl/α,β-unsaturated/α-hetero) is 1. The van der Waals surface area contributed by atoms with Crippen molar-refractivity contribution >= 4 is 39.9 Å². The summed E-state index contributed by atoms with van der Waals surface area (Å²) in [6, 6.07) is 11.1. The number of aliphatic hydroxyl groups excluding tert-OH is 1. The van der Waals surface area contributed by atoms with Gasteiger partial charge in [-0.1, -0.05) is 54.2 Å². The zero-order valence-electron chi connectivity index (χ0n) is 23.1. The van der Waals surface area contributed by atoms with Crippen LogP contribution < -0.4 is 14.4 Å². The van der Waals surface area contributed by atoms with Gasteiger partial charge in [-0.2, -0.15) is 0 Å². The average Bonchev–Trinajstić information content (AvgIpc) is 3.44. The highest BCUT2D eigenvalue weighted by Crippen LogP contribution is 2.45. The lowest BCUT2D eigenvalue weighted by atomic mass is 9.95. The molecule has 10 heteroatoms. The predicted octanol–water partition coefficient (Wildman–Crippen LogP) is 5.75. The number of hydrogen-bond donors (Lipinski definition) is 1. The molecule has 0 bridgehead atoms. The summed E-state index contributed by atoms with van der Waals surface area (Å²) in [4.78, 5) is 45.5. The number of thiazole rings is 1. The fraction of sp³-hybridized carbons (Fsp3) is 0.333. The molecule has 1 aromatic heterocycles. The van der Waals surface area contributed by atoms with Gasteiger partial charge in [0.05, 0.1) is 37.1 Å². The number of rotatable bonds is 10. The number of benzene rings is 2. The Morgan fingerprint density at radius 1 is 1.00 bits per heavy atom. The van der Waals surface area contributed by atoms with Crippen molar-refractivity contribution in [1.82, 2.24) is 4.98 Å². The first kappa shape index (κ1) is 28.8. The number of carbonyl (C=O) groups excluding carboxylic acids is 3. The molecule has 1 unspecified atom stereocenters. The zero-order chi connectivity index (χ0) is 29.0. The molecule has 210 valence electrons. The maximum atomic E-state index is 13.6. The molecule has 3 aromatic rings. The minimum atomic E-state index is -1.04. The van der Waals surface area contributed by atoms with Crippen molar-refractivity contribution in [2.24, 2.45) is 0 Å². The minimum absolute atomic E-state index is 0.0935. The number of aryl methyl sites for hydroxylation is 2. The number of hydrogen-bond acceptors (Lipinski definition) is 9. The normalized spacial score (nSPS) is 16.3. The molecular weight excluding hydrogens is 532 g/mol. The lowest BCUT2D eigenvalue weighted by Gasteiger charge is -2.24. The zero-order valence-corrected chi connectivity index (χ0v) is 24.0. The quantitative estimate of drug-likeness (QED) is 0.143. The number of nitrogens with zero attached hydrogens (tertiary/aromatic N) is 2. The highest BCUT2D eigenvalue weighted by molar-refractivity contribution is 7.17. The second kappa shape index (κ2) is 12.3. The topological polar surface area (TPSA) is 115 Å². The number of amides is 1. The Morgan fingerprint density at radius 3 is 2.38 bits per heavy atom. The molecular formula is C30H32N2O7S. The van der Waals surface area contributed by atoms with E-state index in [0.717, 1.165) is 23.3 Å². The summed E-state index contributed by atoms with van der Waals surface area (Å²) in [6.45, 7) is 10.1. The number of ether oxygens (including phenoxy) is 3. The highest BCUT2D eigenvalue weighted by Gasteiger charge is 2.48. The Morgan fingerprint density at radius 2 is 1.73 bits per heavy atom. The van der Waals surface area contributed by atoms with Crippen molar-refractivity contribution in [3.63, 3.8) is 0 Å². The van der Waals surface area contributed by atoms with E-state index < -0.39 is 23.7 Å². The van der Waals surface area contributed by atoms with Crippen LogP contribution in [0.5, 0.6) is 11.5 Å². The molecule has 2 aromatic carbocycles. The van der Waals surface area contributed by atoms with Gasteiger partial charge in [-0.3, -0.25) is 14.5 Å². The van der Waals surface area contributed by atoms with Crippen molar-refractivity contribution in [3.05, 3.63) is 75.3 Å². The SMILES string of the molecule is CCCOc1ccc(C2/C(=C(\O)c3ccc(C)cc3)C(=O)C(=O)N2c2nc(C)c(C(=O)OCC)s2)cc1OCC. The smallest absolute Gasteiger partial charge is 0.350 e. The summed E-state index contributed by atoms with van der Waals surface area (Å²) < 4.78 is 16.8. The molecule has 1 aliphatic rings. The van der Waals surface area contributed by atoms with Crippen LogP contribution in [-0.4, -0.2) is 47.6 Å². The van der Waals surface area contributed by atoms with E-state index in [1.165, 1.54) is 4.90 Å². The largest absolute Gasteiger partial charge is 0.507 e. The van der Waals surface area contributed by atoms with Crippen LogP contribution >= 0.6 is 11.3 Å². The standard InChI is InChI=1S/C30H32N2O7S/c1-6-15-39-21-14-13-20(16-22(21)37-7-2)24-23(25(33)19-11-9-17(4)10-12-19)26(34)28(35)32(24)30-31-18(5)27(40-30)29(36)38-8-3/h9-14,16,24,33H,6-8,15H2,1-5H3/b25-23+. The number of ketones is 1. The van der Waals surface area contributed by atoms with Crippen LogP contribution in [0.1, 0.15) is 65.3 Å². The van der Waals surface area contributed by atoms with Gasteiger partial charge in [0.1, 0.15) is 10.6 Å². The number of esters is 1. The molecule has 9 nitrogen and oxygen atoms in total. The Hall–Kier alpha value is -4.18. The van der Waals surface area contributed by atoms with Gasteiger partial charge < -0.3 is 19.3 Å². The number of aliphatic hydroxyl groups is 1. The van der Waals surface area contributed by atoms with E-state index in [1.54, 1.807) is 44.2 Å². The van der Waals surface area contributed by atoms with Gasteiger partial charge >= 0.3 is 11.9 Å². The molecule has 0 aliphatic carbocycles. The van der Waals surface area contributed by atoms with Gasteiger partial charge in [0.2, 0.25) is 0 Å². The summed E-state index contributed by atoms with van der Waals surface area (Å²) in [5.41, 5.74) is 2.15. The third-order valence-corrected chi connectivity index (χ3v) is 7.40. The lowest BCUT2D eigenvalue weighted by molar-refractivity contribution is -0.132. The lowest BCUT2D eigenvalue weighted by Crippen LogP contribution is -2.29. The second-order valence-electron chi connectivity index (χ2n) is 9.15. The summed E-state index contributed by atoms with van der Waals surface area (Å²) in [7, 11) is 0. The van der Waals surface area contributed by atoms with Crippen LogP contribution in [0.2, 0.25) is 0 Å². The minimum Gasteiger partial charge on any atom is -0.507 e. The summed E-state index contributed by atoms with van der Waals surface area (Å²) in [5, 5.41) is 11.5. The van der Waals surface area contributed by atoms with Crippen LogP contribution in [0.4, 0.5) is 5.13 Å². The van der Waals surface area contributed by atoms with Gasteiger partial charge in [-0.25, -0.2) is 9.78 Å². The van der Waals surface area contributed by atoms with E-state index in [4.69, 9.17) is 14.2 Å². The Labute approximate surface area is 237 Å². The highest BCUT2D eigenvalue weighted by atomic mass is 32.1. The second-order valence-corrected chi connectivity index (χ2v) is 10.1. The van der Waals surface area contributed by atoms with Gasteiger partial charge in [0.25, 0.3) is 5.78 Å². The fourth-order valence-corrected chi connectivity index (χ4v) is 5.37. The van der Waals surface area contributed by atoms with Crippen LogP contribution in [0.3, 0.4) is 0 Å². The Balaban J connectivity index is 1.92. The third kappa shape index (κ3) is 5.58. The maximum Gasteiger partial charge on any atom is 0.350 e. The Bertz CT molecular complexity index is 1460. The first-order valence-electron chi connectivity index (χ1n) is 13.1. The molecule has 4 rings (SSSR count). The maximum absolute atomic E-state index is 13.6. The predicted molar refractivity (Wildman–Crippen MR) is 152 cm³/mol. The van der Waals surface area contributed by atoms with Gasteiger partial charge in [-0.05, 0) is 51.8 Å². The Kier molecular flexibility index (Phi) is 8.89. The van der Waals surface area contributed by atoms with Gasteiger partial charge in [-0.15, -0.1) is 0 Å². The first-order chi connectivity index (χ1) is 19.2. The summed E-state index contributed by atoms with van der Waals surface area (Å²) in [6.07, 6.45) is 0.802. The van der Waals surface area contributed by atoms with Crippen LogP contribution in [0.25, 0.3) is 5.76 Å². The first-order valence-corrected chi connectivity index (χ1v) is 13.9. The fourth-order valence-electron chi connectivity index (χ4n) is 4.38. The monoisotopic (exact) mass is 564 g/mol. The van der Waals surface area contributed by atoms with E-state index in [0.29, 0.717) is 41.5 Å². The van der Waals surface area contributed by atoms with Crippen molar-refractivity contribution < 1.29 is 33.7 Å². The van der Waals surface area contributed by atoms with Crippen LogP contribution in [0.15, 0.2) is 48.0 Å². The molecule has 1 amide bonds. The van der Waals surface area contributed by atoms with E-state index in [1.807, 2.05) is 32.9 Å². The molecule has 1 atom stereocenters. The molecule has 1 saturated heterocycles. The molecule has 1 aliphatic heterocycles. The van der Waals surface area contributed by atoms with E-state index in [2.05, 4.69) is 4.98 Å². The average molecular weight is 565 g/mol. The molecule has 2 heterocycles. The van der Waals surface area contributed by atoms with Gasteiger partial charge in [0, 0.05) is 5.56 Å². The van der Waals surface area contributed by atoms with Crippen molar-refractivity contribution in [2.45, 2.75) is 47.1 Å². The molecule has 1 N–H and O–H groups in total. The van der Waals surface area contributed by atoms with Crippen LogP contribution in [-0.2, 0) is 14.3 Å². The van der Waals surface area contributed by atoms with Crippen molar-refractivity contribution in [1.29, 1.82) is 0 Å². The molecule has 1 fully saturated rings.